The number of halogens is 1. The van der Waals surface area contributed by atoms with E-state index in [0.29, 0.717) is 25.7 Å². The molecule has 0 saturated heterocycles. The lowest BCUT2D eigenvalue weighted by Gasteiger charge is -2.09. The number of anilines is 1. The van der Waals surface area contributed by atoms with Crippen molar-refractivity contribution in [3.63, 3.8) is 0 Å². The van der Waals surface area contributed by atoms with Crippen molar-refractivity contribution in [1.82, 2.24) is 10.3 Å². The van der Waals surface area contributed by atoms with Crippen molar-refractivity contribution in [3.05, 3.63) is 23.6 Å². The first-order valence-corrected chi connectivity index (χ1v) is 6.53. The van der Waals surface area contributed by atoms with Crippen LogP contribution in [-0.4, -0.2) is 30.6 Å². The van der Waals surface area contributed by atoms with Gasteiger partial charge in [0.25, 0.3) is 5.91 Å². The molecule has 0 bridgehead atoms. The summed E-state index contributed by atoms with van der Waals surface area (Å²) in [5.74, 6) is 4.23. The molecule has 1 aromatic heterocycles. The summed E-state index contributed by atoms with van der Waals surface area (Å²) in [5, 5.41) is 2.58. The van der Waals surface area contributed by atoms with Crippen LogP contribution in [0.4, 0.5) is 10.2 Å². The van der Waals surface area contributed by atoms with Gasteiger partial charge in [-0.05, 0) is 18.4 Å². The Hall–Kier alpha value is -1.73. The lowest BCUT2D eigenvalue weighted by Crippen LogP contribution is -2.28. The Kier molecular flexibility index (Phi) is 6.89. The highest BCUT2D eigenvalue weighted by Crippen LogP contribution is 2.13. The molecule has 0 aromatic carbocycles. The number of nitrogens with zero attached hydrogens (tertiary/aromatic N) is 1. The van der Waals surface area contributed by atoms with Crippen LogP contribution in [0.5, 0.6) is 0 Å². The van der Waals surface area contributed by atoms with Gasteiger partial charge in [0.05, 0.1) is 12.2 Å². The number of carbonyl (C=O) groups is 1. The summed E-state index contributed by atoms with van der Waals surface area (Å²) < 4.78 is 19.1. The van der Waals surface area contributed by atoms with Crippen LogP contribution < -0.4 is 16.6 Å². The van der Waals surface area contributed by atoms with Crippen molar-refractivity contribution < 1.29 is 13.9 Å². The molecule has 1 amide bonds. The third-order valence-corrected chi connectivity index (χ3v) is 2.64. The molecule has 1 aromatic rings. The van der Waals surface area contributed by atoms with Crippen molar-refractivity contribution in [3.8, 4) is 0 Å². The number of amides is 1. The van der Waals surface area contributed by atoms with Crippen molar-refractivity contribution in [2.45, 2.75) is 20.3 Å². The van der Waals surface area contributed by atoms with Gasteiger partial charge in [-0.2, -0.15) is 0 Å². The molecule has 0 fully saturated rings. The average Bonchev–Trinajstić information content (AvgIpc) is 2.42. The van der Waals surface area contributed by atoms with E-state index in [1.54, 1.807) is 0 Å². The summed E-state index contributed by atoms with van der Waals surface area (Å²) >= 11 is 0. The Morgan fingerprint density at radius 2 is 2.25 bits per heavy atom. The lowest BCUT2D eigenvalue weighted by molar-refractivity contribution is 0.0902. The predicted molar refractivity (Wildman–Crippen MR) is 74.6 cm³/mol. The number of ether oxygens (including phenoxy) is 1. The monoisotopic (exact) mass is 284 g/mol. The van der Waals surface area contributed by atoms with E-state index in [-0.39, 0.29) is 11.4 Å². The summed E-state index contributed by atoms with van der Waals surface area (Å²) in [6.45, 7) is 5.59. The van der Waals surface area contributed by atoms with E-state index in [0.717, 1.165) is 6.42 Å². The Balaban J connectivity index is 2.36. The maximum absolute atomic E-state index is 13.7. The summed E-state index contributed by atoms with van der Waals surface area (Å²) in [6, 6.07) is 1.30. The van der Waals surface area contributed by atoms with Crippen molar-refractivity contribution >= 4 is 11.7 Å². The first-order chi connectivity index (χ1) is 9.56. The van der Waals surface area contributed by atoms with Gasteiger partial charge in [-0.25, -0.2) is 15.2 Å². The van der Waals surface area contributed by atoms with E-state index in [2.05, 4.69) is 29.6 Å². The lowest BCUT2D eigenvalue weighted by atomic mass is 10.1. The molecule has 4 N–H and O–H groups in total. The third-order valence-electron chi connectivity index (χ3n) is 2.64. The summed E-state index contributed by atoms with van der Waals surface area (Å²) in [4.78, 5) is 15.4. The molecule has 0 aliphatic carbocycles. The molecule has 6 nitrogen and oxygen atoms in total. The SMILES string of the molecule is CC(C)CCOCCNC(=O)c1ccnc(NN)c1F. The molecule has 0 saturated carbocycles. The van der Waals surface area contributed by atoms with E-state index in [9.17, 15) is 9.18 Å². The van der Waals surface area contributed by atoms with Crippen molar-refractivity contribution in [2.75, 3.05) is 25.2 Å². The highest BCUT2D eigenvalue weighted by atomic mass is 19.1. The van der Waals surface area contributed by atoms with E-state index in [1.807, 2.05) is 0 Å². The Bertz CT molecular complexity index is 440. The molecule has 0 aliphatic rings. The highest BCUT2D eigenvalue weighted by Gasteiger charge is 2.14. The number of hydrazine groups is 1. The molecule has 1 heterocycles. The Morgan fingerprint density at radius 3 is 2.90 bits per heavy atom. The van der Waals surface area contributed by atoms with Gasteiger partial charge in [0, 0.05) is 19.3 Å². The van der Waals surface area contributed by atoms with Gasteiger partial charge >= 0.3 is 0 Å². The fourth-order valence-electron chi connectivity index (χ4n) is 1.47. The molecule has 0 unspecified atom stereocenters. The number of rotatable bonds is 8. The third kappa shape index (κ3) is 5.10. The Labute approximate surface area is 117 Å². The summed E-state index contributed by atoms with van der Waals surface area (Å²) in [5.41, 5.74) is 1.99. The number of nitrogen functional groups attached to an aromatic ring is 1. The van der Waals surface area contributed by atoms with Crippen LogP contribution >= 0.6 is 0 Å². The normalized spacial score (nSPS) is 10.7. The minimum Gasteiger partial charge on any atom is -0.380 e. The zero-order valence-corrected chi connectivity index (χ0v) is 11.8. The molecule has 0 atom stereocenters. The first kappa shape index (κ1) is 16.3. The van der Waals surface area contributed by atoms with Crippen LogP contribution in [0.15, 0.2) is 12.3 Å². The second-order valence-electron chi connectivity index (χ2n) is 4.72. The van der Waals surface area contributed by atoms with Gasteiger partial charge in [-0.1, -0.05) is 13.8 Å². The van der Waals surface area contributed by atoms with E-state index in [1.165, 1.54) is 12.3 Å². The first-order valence-electron chi connectivity index (χ1n) is 6.53. The van der Waals surface area contributed by atoms with Crippen LogP contribution in [-0.2, 0) is 4.74 Å². The fraction of sp³-hybridized carbons (Fsp3) is 0.538. The fourth-order valence-corrected chi connectivity index (χ4v) is 1.47. The van der Waals surface area contributed by atoms with Crippen LogP contribution in [0.25, 0.3) is 0 Å². The molecule has 7 heteroatoms. The van der Waals surface area contributed by atoms with E-state index < -0.39 is 11.7 Å². The van der Waals surface area contributed by atoms with E-state index >= 15 is 0 Å². The topological polar surface area (TPSA) is 89.3 Å². The number of hydrogen-bond donors (Lipinski definition) is 3. The van der Waals surface area contributed by atoms with Crippen LogP contribution in [0.3, 0.4) is 0 Å². The maximum Gasteiger partial charge on any atom is 0.254 e. The minimum atomic E-state index is -0.770. The van der Waals surface area contributed by atoms with Gasteiger partial charge in [-0.3, -0.25) is 4.79 Å². The Morgan fingerprint density at radius 1 is 1.50 bits per heavy atom. The zero-order chi connectivity index (χ0) is 15.0. The molecule has 20 heavy (non-hydrogen) atoms. The van der Waals surface area contributed by atoms with Gasteiger partial charge in [0.15, 0.2) is 11.6 Å². The quantitative estimate of drug-likeness (QED) is 0.380. The second kappa shape index (κ2) is 8.44. The van der Waals surface area contributed by atoms with Crippen LogP contribution in [0, 0.1) is 11.7 Å². The minimum absolute atomic E-state index is 0.102. The molecule has 0 spiro atoms. The van der Waals surface area contributed by atoms with Crippen LogP contribution in [0.2, 0.25) is 0 Å². The van der Waals surface area contributed by atoms with Crippen molar-refractivity contribution in [2.24, 2.45) is 11.8 Å². The molecular formula is C13H21FN4O2. The highest BCUT2D eigenvalue weighted by molar-refractivity contribution is 5.95. The summed E-state index contributed by atoms with van der Waals surface area (Å²) in [7, 11) is 0. The van der Waals surface area contributed by atoms with Crippen LogP contribution in [0.1, 0.15) is 30.6 Å². The zero-order valence-electron chi connectivity index (χ0n) is 11.8. The smallest absolute Gasteiger partial charge is 0.254 e. The number of carbonyl (C=O) groups excluding carboxylic acids is 1. The number of hydrogen-bond acceptors (Lipinski definition) is 5. The average molecular weight is 284 g/mol. The predicted octanol–water partition coefficient (Wildman–Crippen LogP) is 1.30. The number of aromatic nitrogens is 1. The summed E-state index contributed by atoms with van der Waals surface area (Å²) in [6.07, 6.45) is 2.28. The van der Waals surface area contributed by atoms with E-state index in [4.69, 9.17) is 10.6 Å². The number of nitrogens with two attached hydrogens (primary N) is 1. The van der Waals surface area contributed by atoms with Gasteiger partial charge in [0.2, 0.25) is 0 Å². The van der Waals surface area contributed by atoms with Gasteiger partial charge in [-0.15, -0.1) is 0 Å². The molecule has 112 valence electrons. The number of nitrogens with one attached hydrogen (secondary N) is 2. The standard InChI is InChI=1S/C13H21FN4O2/c1-9(2)4-7-20-8-6-17-13(19)10-3-5-16-12(18-15)11(10)14/h3,5,9H,4,6-8,15H2,1-2H3,(H,16,18)(H,17,19). The molecule has 0 aliphatic heterocycles. The molecular weight excluding hydrogens is 263 g/mol. The molecule has 1 rings (SSSR count). The maximum atomic E-state index is 13.7. The second-order valence-corrected chi connectivity index (χ2v) is 4.72. The number of pyridine rings is 1. The largest absolute Gasteiger partial charge is 0.380 e. The van der Waals surface area contributed by atoms with Gasteiger partial charge < -0.3 is 15.5 Å². The van der Waals surface area contributed by atoms with Crippen molar-refractivity contribution in [1.29, 1.82) is 0 Å². The van der Waals surface area contributed by atoms with Gasteiger partial charge in [0.1, 0.15) is 0 Å². The molecule has 0 radical (unpaired) electrons.